The number of furan rings is 1. The van der Waals surface area contributed by atoms with E-state index in [0.29, 0.717) is 17.5 Å². The van der Waals surface area contributed by atoms with E-state index in [-0.39, 0.29) is 0 Å². The summed E-state index contributed by atoms with van der Waals surface area (Å²) in [5.74, 6) is 3.00. The highest BCUT2D eigenvalue weighted by atomic mass is 16.5. The number of aryl methyl sites for hydroxylation is 1. The van der Waals surface area contributed by atoms with Gasteiger partial charge >= 0.3 is 0 Å². The fourth-order valence-electron chi connectivity index (χ4n) is 3.74. The molecule has 0 amide bonds. The minimum absolute atomic E-state index is 0.432. The monoisotopic (exact) mass is 381 g/mol. The van der Waals surface area contributed by atoms with E-state index in [9.17, 15) is 0 Å². The first kappa shape index (κ1) is 18.6. The van der Waals surface area contributed by atoms with E-state index in [1.54, 1.807) is 14.2 Å². The molecule has 1 aliphatic heterocycles. The van der Waals surface area contributed by atoms with Crippen LogP contribution in [-0.2, 0) is 0 Å². The van der Waals surface area contributed by atoms with Crippen LogP contribution < -0.4 is 14.8 Å². The summed E-state index contributed by atoms with van der Waals surface area (Å²) < 4.78 is 16.8. The third-order valence-corrected chi connectivity index (χ3v) is 5.39. The number of piperidine rings is 1. The molecule has 3 aromatic rings. The number of hydrogen-bond donors (Lipinski definition) is 1. The van der Waals surface area contributed by atoms with Crippen molar-refractivity contribution in [2.75, 3.05) is 39.7 Å². The zero-order chi connectivity index (χ0) is 19.7. The van der Waals surface area contributed by atoms with Crippen LogP contribution in [0.3, 0.4) is 0 Å². The lowest BCUT2D eigenvalue weighted by Gasteiger charge is -2.30. The number of rotatable bonds is 5. The van der Waals surface area contributed by atoms with Crippen molar-refractivity contribution in [3.63, 3.8) is 0 Å². The van der Waals surface area contributed by atoms with E-state index < -0.39 is 0 Å². The van der Waals surface area contributed by atoms with Crippen molar-refractivity contribution >= 4 is 16.6 Å². The molecule has 0 spiro atoms. The second-order valence-electron chi connectivity index (χ2n) is 7.41. The summed E-state index contributed by atoms with van der Waals surface area (Å²) in [6.07, 6.45) is 2.23. The highest BCUT2D eigenvalue weighted by Crippen LogP contribution is 2.37. The summed E-state index contributed by atoms with van der Waals surface area (Å²) in [5.41, 5.74) is 2.70. The molecule has 0 radical (unpaired) electrons. The van der Waals surface area contributed by atoms with Gasteiger partial charge in [0.1, 0.15) is 11.5 Å². The molecular formula is C22H27N3O3. The number of pyridine rings is 1. The van der Waals surface area contributed by atoms with Gasteiger partial charge in [-0.3, -0.25) is 0 Å². The second-order valence-corrected chi connectivity index (χ2v) is 7.41. The Kier molecular flexibility index (Phi) is 5.13. The van der Waals surface area contributed by atoms with Gasteiger partial charge in [-0.25, -0.2) is 4.98 Å². The Bertz CT molecular complexity index is 975. The standard InChI is InChI=1S/C22H27N3O3/c1-14-5-6-20(28-14)19-12-17(23-15-7-9-25(2)10-8-15)16-11-21(26-3)22(27-4)13-18(16)24-19/h5-6,11-13,15H,7-10H2,1-4H3,(H,23,24). The van der Waals surface area contributed by atoms with Crippen molar-refractivity contribution < 1.29 is 13.9 Å². The molecule has 1 aliphatic rings. The summed E-state index contributed by atoms with van der Waals surface area (Å²) in [6.45, 7) is 4.14. The molecule has 0 atom stereocenters. The minimum Gasteiger partial charge on any atom is -0.493 e. The van der Waals surface area contributed by atoms with E-state index in [1.165, 1.54) is 0 Å². The molecule has 0 saturated carbocycles. The van der Waals surface area contributed by atoms with Gasteiger partial charge in [0.2, 0.25) is 0 Å². The van der Waals surface area contributed by atoms with E-state index in [4.69, 9.17) is 18.9 Å². The van der Waals surface area contributed by atoms with E-state index in [0.717, 1.165) is 59.7 Å². The summed E-state index contributed by atoms with van der Waals surface area (Å²) in [7, 11) is 5.47. The molecule has 3 heterocycles. The number of fused-ring (bicyclic) bond motifs is 1. The molecule has 2 aromatic heterocycles. The first-order valence-corrected chi connectivity index (χ1v) is 9.66. The molecule has 1 aromatic carbocycles. The number of aromatic nitrogens is 1. The lowest BCUT2D eigenvalue weighted by atomic mass is 10.0. The number of benzene rings is 1. The topological polar surface area (TPSA) is 59.8 Å². The van der Waals surface area contributed by atoms with Crippen LogP contribution in [0.4, 0.5) is 5.69 Å². The Morgan fingerprint density at radius 3 is 2.43 bits per heavy atom. The normalized spacial score (nSPS) is 15.7. The number of anilines is 1. The van der Waals surface area contributed by atoms with Gasteiger partial charge in [-0.05, 0) is 64.2 Å². The molecule has 148 valence electrons. The molecule has 6 nitrogen and oxygen atoms in total. The van der Waals surface area contributed by atoms with Crippen LogP contribution in [-0.4, -0.2) is 50.3 Å². The van der Waals surface area contributed by atoms with Crippen LogP contribution in [0.1, 0.15) is 18.6 Å². The molecule has 1 fully saturated rings. The van der Waals surface area contributed by atoms with Crippen LogP contribution in [0.15, 0.2) is 34.7 Å². The van der Waals surface area contributed by atoms with Gasteiger partial charge in [0.25, 0.3) is 0 Å². The number of ether oxygens (including phenoxy) is 2. The number of nitrogens with one attached hydrogen (secondary N) is 1. The van der Waals surface area contributed by atoms with Crippen LogP contribution in [0.5, 0.6) is 11.5 Å². The fraction of sp³-hybridized carbons (Fsp3) is 0.409. The van der Waals surface area contributed by atoms with Gasteiger partial charge in [0.15, 0.2) is 17.3 Å². The largest absolute Gasteiger partial charge is 0.493 e. The molecule has 1 N–H and O–H groups in total. The van der Waals surface area contributed by atoms with Crippen molar-refractivity contribution in [2.24, 2.45) is 0 Å². The summed E-state index contributed by atoms with van der Waals surface area (Å²) in [6, 6.07) is 10.3. The third-order valence-electron chi connectivity index (χ3n) is 5.39. The van der Waals surface area contributed by atoms with Gasteiger partial charge < -0.3 is 24.1 Å². The second kappa shape index (κ2) is 7.72. The SMILES string of the molecule is COc1cc2nc(-c3ccc(C)o3)cc(NC3CCN(C)CC3)c2cc1OC. The smallest absolute Gasteiger partial charge is 0.162 e. The molecule has 1 saturated heterocycles. The van der Waals surface area contributed by atoms with Crippen molar-refractivity contribution in [2.45, 2.75) is 25.8 Å². The Morgan fingerprint density at radius 1 is 1.07 bits per heavy atom. The quantitative estimate of drug-likeness (QED) is 0.710. The van der Waals surface area contributed by atoms with Crippen molar-refractivity contribution in [1.82, 2.24) is 9.88 Å². The predicted octanol–water partition coefficient (Wildman–Crippen LogP) is 4.33. The Hall–Kier alpha value is -2.73. The zero-order valence-corrected chi connectivity index (χ0v) is 16.9. The van der Waals surface area contributed by atoms with Crippen molar-refractivity contribution in [1.29, 1.82) is 0 Å². The van der Waals surface area contributed by atoms with Gasteiger partial charge in [-0.15, -0.1) is 0 Å². The summed E-state index contributed by atoms with van der Waals surface area (Å²) >= 11 is 0. The minimum atomic E-state index is 0.432. The maximum Gasteiger partial charge on any atom is 0.162 e. The lowest BCUT2D eigenvalue weighted by molar-refractivity contribution is 0.264. The van der Waals surface area contributed by atoms with Crippen molar-refractivity contribution in [3.8, 4) is 23.0 Å². The molecule has 4 rings (SSSR count). The molecule has 0 bridgehead atoms. The Morgan fingerprint density at radius 2 is 1.79 bits per heavy atom. The van der Waals surface area contributed by atoms with Crippen LogP contribution in [0.2, 0.25) is 0 Å². The van der Waals surface area contributed by atoms with E-state index in [1.807, 2.05) is 31.2 Å². The molecule has 28 heavy (non-hydrogen) atoms. The number of hydrogen-bond acceptors (Lipinski definition) is 6. The van der Waals surface area contributed by atoms with Gasteiger partial charge in [0.05, 0.1) is 19.7 Å². The predicted molar refractivity (Wildman–Crippen MR) is 111 cm³/mol. The number of methoxy groups -OCH3 is 2. The van der Waals surface area contributed by atoms with Crippen LogP contribution in [0.25, 0.3) is 22.4 Å². The first-order valence-electron chi connectivity index (χ1n) is 9.66. The lowest BCUT2D eigenvalue weighted by Crippen LogP contribution is -2.36. The Labute approximate surface area is 165 Å². The van der Waals surface area contributed by atoms with Gasteiger partial charge in [0, 0.05) is 23.2 Å². The summed E-state index contributed by atoms with van der Waals surface area (Å²) in [4.78, 5) is 7.20. The third kappa shape index (κ3) is 3.64. The average molecular weight is 381 g/mol. The highest BCUT2D eigenvalue weighted by molar-refractivity contribution is 5.95. The number of likely N-dealkylation sites (tertiary alicyclic amines) is 1. The molecular weight excluding hydrogens is 354 g/mol. The molecule has 0 aliphatic carbocycles. The molecule has 6 heteroatoms. The maximum absolute atomic E-state index is 5.83. The summed E-state index contributed by atoms with van der Waals surface area (Å²) in [5, 5.41) is 4.76. The highest BCUT2D eigenvalue weighted by Gasteiger charge is 2.19. The maximum atomic E-state index is 5.83. The van der Waals surface area contributed by atoms with Crippen LogP contribution >= 0.6 is 0 Å². The van der Waals surface area contributed by atoms with Crippen molar-refractivity contribution in [3.05, 3.63) is 36.1 Å². The van der Waals surface area contributed by atoms with E-state index >= 15 is 0 Å². The average Bonchev–Trinajstić information content (AvgIpc) is 3.15. The zero-order valence-electron chi connectivity index (χ0n) is 16.9. The number of nitrogens with zero attached hydrogens (tertiary/aromatic N) is 2. The fourth-order valence-corrected chi connectivity index (χ4v) is 3.74. The van der Waals surface area contributed by atoms with Crippen LogP contribution in [0, 0.1) is 6.92 Å². The van der Waals surface area contributed by atoms with Gasteiger partial charge in [-0.1, -0.05) is 0 Å². The van der Waals surface area contributed by atoms with E-state index in [2.05, 4.69) is 23.3 Å². The molecule has 0 unspecified atom stereocenters. The first-order chi connectivity index (χ1) is 13.6. The Balaban J connectivity index is 1.81. The van der Waals surface area contributed by atoms with Gasteiger partial charge in [-0.2, -0.15) is 0 Å².